The van der Waals surface area contributed by atoms with Gasteiger partial charge in [-0.3, -0.25) is 9.59 Å². The van der Waals surface area contributed by atoms with E-state index in [2.05, 4.69) is 20.3 Å². The number of benzene rings is 1. The number of piperidine rings is 1. The standard InChI is InChI=1S/C27H25F3N8O2/c28-27(29,30)18-9-10-32-20(12-18)35-25(39)16-5-3-15(4-6-16)22-21-23(31)33-14-34-24(21)38(36-22)19-2-1-11-37(13-19)26(40)17-7-8-17/h3-6,9-10,12,14,17,19H,1-2,7-8,11,13H2,(H2,31,33,34)(H,32,35,39). The summed E-state index contributed by atoms with van der Waals surface area (Å²) < 4.78 is 40.8. The summed E-state index contributed by atoms with van der Waals surface area (Å²) in [6.07, 6.45) is 1.40. The summed E-state index contributed by atoms with van der Waals surface area (Å²) in [6, 6.07) is 7.97. The largest absolute Gasteiger partial charge is 0.416 e. The SMILES string of the molecule is Nc1ncnc2c1c(-c1ccc(C(=O)Nc3cc(C(F)(F)F)ccn3)cc1)nn2C1CCCN(C(=O)C2CC2)C1. The number of nitrogens with zero attached hydrogens (tertiary/aromatic N) is 6. The number of likely N-dealkylation sites (tertiary alicyclic amines) is 1. The number of halogens is 3. The maximum Gasteiger partial charge on any atom is 0.416 e. The normalized spacial score (nSPS) is 17.7. The Bertz CT molecular complexity index is 1600. The average molecular weight is 551 g/mol. The van der Waals surface area contributed by atoms with Gasteiger partial charge in [0.05, 0.1) is 17.0 Å². The van der Waals surface area contributed by atoms with Crippen LogP contribution in [0.15, 0.2) is 48.9 Å². The number of carbonyl (C=O) groups is 2. The van der Waals surface area contributed by atoms with Crippen LogP contribution in [-0.4, -0.2) is 54.5 Å². The Morgan fingerprint density at radius 3 is 2.52 bits per heavy atom. The molecule has 4 aromatic rings. The molecule has 1 aromatic carbocycles. The number of nitrogens with two attached hydrogens (primary N) is 1. The first-order valence-corrected chi connectivity index (χ1v) is 12.9. The van der Waals surface area contributed by atoms with E-state index in [1.54, 1.807) is 24.3 Å². The van der Waals surface area contributed by atoms with Gasteiger partial charge in [-0.15, -0.1) is 0 Å². The Hall–Kier alpha value is -4.55. The number of alkyl halides is 3. The van der Waals surface area contributed by atoms with Crippen molar-refractivity contribution in [3.8, 4) is 11.3 Å². The Morgan fingerprint density at radius 2 is 1.80 bits per heavy atom. The molecular weight excluding hydrogens is 525 g/mol. The summed E-state index contributed by atoms with van der Waals surface area (Å²) in [4.78, 5) is 39.7. The molecule has 1 aliphatic heterocycles. The number of nitrogen functional groups attached to an aromatic ring is 1. The lowest BCUT2D eigenvalue weighted by atomic mass is 10.1. The average Bonchev–Trinajstić information content (AvgIpc) is 3.72. The second kappa shape index (κ2) is 9.88. The first-order chi connectivity index (χ1) is 19.2. The summed E-state index contributed by atoms with van der Waals surface area (Å²) in [6.45, 7) is 1.27. The van der Waals surface area contributed by atoms with Gasteiger partial charge >= 0.3 is 6.18 Å². The fourth-order valence-corrected chi connectivity index (χ4v) is 5.04. The van der Waals surface area contributed by atoms with E-state index in [1.165, 1.54) is 6.33 Å². The lowest BCUT2D eigenvalue weighted by Gasteiger charge is -2.33. The highest BCUT2D eigenvalue weighted by Gasteiger charge is 2.36. The third-order valence-electron chi connectivity index (χ3n) is 7.25. The van der Waals surface area contributed by atoms with Crippen molar-refractivity contribution in [2.45, 2.75) is 37.9 Å². The van der Waals surface area contributed by atoms with E-state index >= 15 is 0 Å². The number of hydrogen-bond donors (Lipinski definition) is 2. The van der Waals surface area contributed by atoms with Crippen LogP contribution in [0.2, 0.25) is 0 Å². The third kappa shape index (κ3) is 4.94. The van der Waals surface area contributed by atoms with Gasteiger partial charge in [0.2, 0.25) is 5.91 Å². The van der Waals surface area contributed by atoms with Gasteiger partial charge in [0.25, 0.3) is 5.91 Å². The van der Waals surface area contributed by atoms with E-state index in [9.17, 15) is 22.8 Å². The molecule has 3 aromatic heterocycles. The van der Waals surface area contributed by atoms with Crippen LogP contribution in [0.3, 0.4) is 0 Å². The van der Waals surface area contributed by atoms with Crippen LogP contribution in [0.4, 0.5) is 24.8 Å². The molecule has 2 amide bonds. The van der Waals surface area contributed by atoms with Crippen molar-refractivity contribution in [2.75, 3.05) is 24.1 Å². The van der Waals surface area contributed by atoms with Crippen molar-refractivity contribution in [1.29, 1.82) is 0 Å². The zero-order chi connectivity index (χ0) is 28.0. The molecule has 1 saturated carbocycles. The third-order valence-corrected chi connectivity index (χ3v) is 7.25. The van der Waals surface area contributed by atoms with Crippen LogP contribution in [-0.2, 0) is 11.0 Å². The number of carbonyl (C=O) groups excluding carboxylic acids is 2. The molecule has 13 heteroatoms. The predicted octanol–water partition coefficient (Wildman–Crippen LogP) is 4.32. The summed E-state index contributed by atoms with van der Waals surface area (Å²) >= 11 is 0. The van der Waals surface area contributed by atoms with Crippen LogP contribution in [0.1, 0.15) is 47.6 Å². The molecule has 1 saturated heterocycles. The van der Waals surface area contributed by atoms with E-state index in [4.69, 9.17) is 10.8 Å². The molecule has 206 valence electrons. The highest BCUT2D eigenvalue weighted by Crippen LogP contribution is 2.36. The molecule has 1 aliphatic carbocycles. The van der Waals surface area contributed by atoms with Gasteiger partial charge in [0.1, 0.15) is 23.7 Å². The van der Waals surface area contributed by atoms with Gasteiger partial charge < -0.3 is 16.0 Å². The van der Waals surface area contributed by atoms with Gasteiger partial charge in [-0.25, -0.2) is 19.6 Å². The number of hydrogen-bond acceptors (Lipinski definition) is 7. The van der Waals surface area contributed by atoms with Gasteiger partial charge in [-0.05, 0) is 49.9 Å². The minimum absolute atomic E-state index is 0.0768. The highest BCUT2D eigenvalue weighted by molar-refractivity contribution is 6.04. The highest BCUT2D eigenvalue weighted by atomic mass is 19.4. The topological polar surface area (TPSA) is 132 Å². The number of nitrogens with one attached hydrogen (secondary N) is 1. The zero-order valence-corrected chi connectivity index (χ0v) is 21.2. The fourth-order valence-electron chi connectivity index (χ4n) is 5.04. The number of pyridine rings is 1. The number of rotatable bonds is 5. The lowest BCUT2D eigenvalue weighted by Crippen LogP contribution is -2.41. The quantitative estimate of drug-likeness (QED) is 0.378. The second-order valence-corrected chi connectivity index (χ2v) is 10.1. The summed E-state index contributed by atoms with van der Waals surface area (Å²) in [5.74, 6) is -0.226. The number of aromatic nitrogens is 5. The van der Waals surface area contributed by atoms with Gasteiger partial charge in [0.15, 0.2) is 5.65 Å². The van der Waals surface area contributed by atoms with Crippen LogP contribution in [0.5, 0.6) is 0 Å². The molecule has 1 unspecified atom stereocenters. The van der Waals surface area contributed by atoms with Gasteiger partial charge in [0, 0.05) is 36.3 Å². The molecule has 6 rings (SSSR count). The molecular formula is C27H25F3N8O2. The van der Waals surface area contributed by atoms with Crippen molar-refractivity contribution >= 4 is 34.5 Å². The molecule has 0 spiro atoms. The number of fused-ring (bicyclic) bond motifs is 1. The van der Waals surface area contributed by atoms with Crippen molar-refractivity contribution < 1.29 is 22.8 Å². The van der Waals surface area contributed by atoms with Crippen molar-refractivity contribution in [3.05, 3.63) is 60.0 Å². The number of anilines is 2. The van der Waals surface area contributed by atoms with Crippen molar-refractivity contribution in [1.82, 2.24) is 29.6 Å². The van der Waals surface area contributed by atoms with E-state index in [1.807, 2.05) is 9.58 Å². The molecule has 0 radical (unpaired) electrons. The van der Waals surface area contributed by atoms with Crippen LogP contribution in [0, 0.1) is 5.92 Å². The summed E-state index contributed by atoms with van der Waals surface area (Å²) in [5.41, 5.74) is 7.31. The Labute approximate surface area is 226 Å². The van der Waals surface area contributed by atoms with Crippen LogP contribution >= 0.6 is 0 Å². The molecule has 2 aliphatic rings. The molecule has 40 heavy (non-hydrogen) atoms. The molecule has 3 N–H and O–H groups in total. The minimum Gasteiger partial charge on any atom is -0.383 e. The Kier molecular flexibility index (Phi) is 6.35. The smallest absolute Gasteiger partial charge is 0.383 e. The monoisotopic (exact) mass is 550 g/mol. The maximum atomic E-state index is 13.0. The van der Waals surface area contributed by atoms with E-state index < -0.39 is 17.6 Å². The molecule has 2 fully saturated rings. The number of amides is 2. The van der Waals surface area contributed by atoms with Crippen molar-refractivity contribution in [3.63, 3.8) is 0 Å². The van der Waals surface area contributed by atoms with E-state index in [0.29, 0.717) is 28.8 Å². The fraction of sp³-hybridized carbons (Fsp3) is 0.333. The molecule has 0 bridgehead atoms. The molecule has 10 nitrogen and oxygen atoms in total. The summed E-state index contributed by atoms with van der Waals surface area (Å²) in [7, 11) is 0. The van der Waals surface area contributed by atoms with Crippen LogP contribution in [0.25, 0.3) is 22.3 Å². The van der Waals surface area contributed by atoms with Crippen molar-refractivity contribution in [2.24, 2.45) is 5.92 Å². The zero-order valence-electron chi connectivity index (χ0n) is 21.2. The minimum atomic E-state index is -4.55. The Balaban J connectivity index is 1.27. The molecule has 1 atom stereocenters. The first kappa shape index (κ1) is 25.7. The van der Waals surface area contributed by atoms with E-state index in [0.717, 1.165) is 50.6 Å². The van der Waals surface area contributed by atoms with E-state index in [-0.39, 0.29) is 35.1 Å². The second-order valence-electron chi connectivity index (χ2n) is 10.1. The maximum absolute atomic E-state index is 13.0. The van der Waals surface area contributed by atoms with Gasteiger partial charge in [-0.1, -0.05) is 12.1 Å². The van der Waals surface area contributed by atoms with Crippen LogP contribution < -0.4 is 11.1 Å². The lowest BCUT2D eigenvalue weighted by molar-refractivity contribution is -0.137. The summed E-state index contributed by atoms with van der Waals surface area (Å²) in [5, 5.41) is 7.82. The first-order valence-electron chi connectivity index (χ1n) is 12.9. The van der Waals surface area contributed by atoms with Gasteiger partial charge in [-0.2, -0.15) is 18.3 Å². The molecule has 4 heterocycles. The predicted molar refractivity (Wildman–Crippen MR) is 140 cm³/mol. The Morgan fingerprint density at radius 1 is 1.02 bits per heavy atom.